The minimum Gasteiger partial charge on any atom is -0.496 e. The number of carbonyl (C=O) groups excluding carboxylic acids is 1. The van der Waals surface area contributed by atoms with Crippen molar-refractivity contribution in [3.8, 4) is 11.5 Å². The molecule has 0 saturated heterocycles. The second-order valence-corrected chi connectivity index (χ2v) is 12.3. The summed E-state index contributed by atoms with van der Waals surface area (Å²) in [5.41, 5.74) is 1.54. The van der Waals surface area contributed by atoms with E-state index >= 15 is 0 Å². The summed E-state index contributed by atoms with van der Waals surface area (Å²) < 4.78 is 17.2. The number of carbonyl (C=O) groups is 1. The second-order valence-electron chi connectivity index (χ2n) is 12.3. The number of benzene rings is 1. The van der Waals surface area contributed by atoms with Crippen LogP contribution in [0.2, 0.25) is 0 Å². The lowest BCUT2D eigenvalue weighted by atomic mass is 9.34. The van der Waals surface area contributed by atoms with Crippen molar-refractivity contribution in [2.45, 2.75) is 83.7 Å². The van der Waals surface area contributed by atoms with E-state index < -0.39 is 16.9 Å². The van der Waals surface area contributed by atoms with E-state index in [1.54, 1.807) is 14.2 Å². The van der Waals surface area contributed by atoms with E-state index in [4.69, 9.17) is 14.2 Å². The number of esters is 1. The van der Waals surface area contributed by atoms with E-state index in [2.05, 4.69) is 27.7 Å². The lowest BCUT2D eigenvalue weighted by molar-refractivity contribution is -0.201. The van der Waals surface area contributed by atoms with Crippen molar-refractivity contribution in [1.29, 1.82) is 0 Å². The molecule has 5 aliphatic rings. The lowest BCUT2D eigenvalue weighted by Crippen LogP contribution is -2.69. The number of rotatable bonds is 4. The van der Waals surface area contributed by atoms with Crippen LogP contribution in [0.25, 0.3) is 0 Å². The monoisotopic (exact) mass is 470 g/mol. The molecule has 3 fully saturated rings. The summed E-state index contributed by atoms with van der Waals surface area (Å²) >= 11 is 0. The van der Waals surface area contributed by atoms with Crippen LogP contribution in [-0.2, 0) is 14.9 Å². The molecule has 1 N–H and O–H groups in total. The summed E-state index contributed by atoms with van der Waals surface area (Å²) in [6.07, 6.45) is 5.34. The number of hydrogen-bond acceptors (Lipinski definition) is 5. The molecule has 1 aromatic carbocycles. The zero-order chi connectivity index (χ0) is 24.6. The first-order chi connectivity index (χ1) is 16.1. The Bertz CT molecular complexity index is 987. The van der Waals surface area contributed by atoms with Gasteiger partial charge in [-0.25, -0.2) is 0 Å². The quantitative estimate of drug-likeness (QED) is 0.591. The van der Waals surface area contributed by atoms with Crippen molar-refractivity contribution < 1.29 is 24.1 Å². The summed E-state index contributed by atoms with van der Waals surface area (Å²) in [7, 11) is 5.02. The molecule has 1 spiro atoms. The van der Waals surface area contributed by atoms with E-state index in [1.807, 2.05) is 12.1 Å². The maximum Gasteiger partial charge on any atom is 0.311 e. The fraction of sp³-hybridized carbons (Fsp3) is 0.759. The Kier molecular flexibility index (Phi) is 5.55. The van der Waals surface area contributed by atoms with Gasteiger partial charge in [-0.2, -0.15) is 0 Å². The van der Waals surface area contributed by atoms with E-state index in [0.717, 1.165) is 50.0 Å². The zero-order valence-electron chi connectivity index (χ0n) is 21.9. The van der Waals surface area contributed by atoms with Crippen LogP contribution in [0.15, 0.2) is 12.1 Å². The first-order valence-corrected chi connectivity index (χ1v) is 13.1. The molecule has 0 heterocycles. The number of aliphatic hydroxyl groups excluding tert-OH is 1. The number of aliphatic hydroxyl groups is 1. The molecule has 6 rings (SSSR count). The predicted octanol–water partition coefficient (Wildman–Crippen LogP) is 5.47. The van der Waals surface area contributed by atoms with Gasteiger partial charge < -0.3 is 19.3 Å². The highest BCUT2D eigenvalue weighted by Gasteiger charge is 2.71. The Hall–Kier alpha value is -1.75. The Morgan fingerprint density at radius 3 is 2.32 bits per heavy atom. The third-order valence-corrected chi connectivity index (χ3v) is 11.0. The van der Waals surface area contributed by atoms with Gasteiger partial charge in [0.15, 0.2) is 0 Å². The minimum absolute atomic E-state index is 0.0492. The Labute approximate surface area is 204 Å². The molecule has 188 valence electrons. The summed E-state index contributed by atoms with van der Waals surface area (Å²) in [4.78, 5) is 13.1. The first kappa shape index (κ1) is 24.0. The third kappa shape index (κ3) is 2.74. The van der Waals surface area contributed by atoms with Gasteiger partial charge in [-0.3, -0.25) is 4.79 Å². The normalized spacial score (nSPS) is 42.4. The van der Waals surface area contributed by atoms with E-state index in [-0.39, 0.29) is 35.1 Å². The van der Waals surface area contributed by atoms with E-state index in [1.165, 1.54) is 18.2 Å². The molecular weight excluding hydrogens is 428 g/mol. The molecule has 0 aliphatic heterocycles. The Balaban J connectivity index is 1.75. The summed E-state index contributed by atoms with van der Waals surface area (Å²) in [6, 6.07) is 4.06. The number of methoxy groups -OCH3 is 3. The lowest BCUT2D eigenvalue weighted by Gasteiger charge is -2.70. The predicted molar refractivity (Wildman–Crippen MR) is 131 cm³/mol. The van der Waals surface area contributed by atoms with Crippen molar-refractivity contribution >= 4 is 5.97 Å². The van der Waals surface area contributed by atoms with Crippen LogP contribution >= 0.6 is 0 Å². The van der Waals surface area contributed by atoms with Crippen LogP contribution in [0.4, 0.5) is 0 Å². The third-order valence-electron chi connectivity index (χ3n) is 11.0. The van der Waals surface area contributed by atoms with E-state index in [9.17, 15) is 9.90 Å². The molecule has 0 radical (unpaired) electrons. The second kappa shape index (κ2) is 7.88. The Morgan fingerprint density at radius 2 is 1.71 bits per heavy atom. The smallest absolute Gasteiger partial charge is 0.311 e. The van der Waals surface area contributed by atoms with Crippen molar-refractivity contribution in [1.82, 2.24) is 0 Å². The van der Waals surface area contributed by atoms with Gasteiger partial charge in [-0.15, -0.1) is 0 Å². The van der Waals surface area contributed by atoms with Gasteiger partial charge in [0.05, 0.1) is 32.8 Å². The van der Waals surface area contributed by atoms with Crippen molar-refractivity contribution in [3.05, 3.63) is 23.3 Å². The Morgan fingerprint density at radius 1 is 1.03 bits per heavy atom. The van der Waals surface area contributed by atoms with Gasteiger partial charge in [-0.05, 0) is 86.2 Å². The first-order valence-electron chi connectivity index (χ1n) is 13.1. The maximum atomic E-state index is 13.1. The molecule has 3 saturated carbocycles. The van der Waals surface area contributed by atoms with Gasteiger partial charge in [0, 0.05) is 16.5 Å². The van der Waals surface area contributed by atoms with Crippen LogP contribution < -0.4 is 9.47 Å². The topological polar surface area (TPSA) is 65.0 Å². The molecule has 2 bridgehead atoms. The highest BCUT2D eigenvalue weighted by Crippen LogP contribution is 2.75. The van der Waals surface area contributed by atoms with Gasteiger partial charge in [-0.1, -0.05) is 27.2 Å². The van der Waals surface area contributed by atoms with E-state index in [0.29, 0.717) is 5.92 Å². The summed E-state index contributed by atoms with van der Waals surface area (Å²) in [5.74, 6) is 3.02. The van der Waals surface area contributed by atoms with Crippen LogP contribution in [0.1, 0.15) is 83.3 Å². The molecule has 5 nitrogen and oxygen atoms in total. The van der Waals surface area contributed by atoms with Crippen LogP contribution in [0.3, 0.4) is 0 Å². The molecule has 0 unspecified atom stereocenters. The molecule has 5 aliphatic carbocycles. The van der Waals surface area contributed by atoms with Gasteiger partial charge in [0.25, 0.3) is 0 Å². The van der Waals surface area contributed by atoms with Crippen molar-refractivity contribution in [3.63, 3.8) is 0 Å². The van der Waals surface area contributed by atoms with Gasteiger partial charge in [0.2, 0.25) is 0 Å². The summed E-state index contributed by atoms with van der Waals surface area (Å²) in [5, 5.41) is 12.2. The molecular formula is C29H42O5. The highest BCUT2D eigenvalue weighted by molar-refractivity contribution is 5.77. The number of fused-ring (bicyclic) bond motifs is 2. The highest BCUT2D eigenvalue weighted by atomic mass is 16.5. The maximum absolute atomic E-state index is 13.1. The molecule has 34 heavy (non-hydrogen) atoms. The zero-order valence-corrected chi connectivity index (χ0v) is 21.9. The molecule has 0 aromatic heterocycles. The molecule has 0 amide bonds. The standard InChI is InChI=1S/C29H42O5/c1-16(2)22-17-15-21-27(3)12-8-13-28(4,26(31)34-7)20(27)11-14-29(21,25(22)30)24-19(33-6)10-9-18(32-5)23(17)24/h9-10,16-17,20-22,25,30H,8,11-15H2,1-7H3/t17-,20-,21+,22-,25+,27-,28-,29-/m1/s1. The fourth-order valence-corrected chi connectivity index (χ4v) is 9.77. The van der Waals surface area contributed by atoms with Crippen molar-refractivity contribution in [2.24, 2.45) is 34.5 Å². The molecule has 8 atom stereocenters. The average Bonchev–Trinajstić information content (AvgIpc) is 2.82. The largest absolute Gasteiger partial charge is 0.496 e. The van der Waals surface area contributed by atoms with Crippen LogP contribution in [0, 0.1) is 34.5 Å². The molecule has 1 aromatic rings. The molecule has 5 heteroatoms. The van der Waals surface area contributed by atoms with Gasteiger partial charge in [0.1, 0.15) is 11.5 Å². The minimum atomic E-state index is -0.469. The fourth-order valence-electron chi connectivity index (χ4n) is 9.77. The number of hydrogen-bond donors (Lipinski definition) is 1. The van der Waals surface area contributed by atoms with Crippen LogP contribution in [0.5, 0.6) is 11.5 Å². The average molecular weight is 471 g/mol. The van der Waals surface area contributed by atoms with Crippen LogP contribution in [-0.4, -0.2) is 38.5 Å². The summed E-state index contributed by atoms with van der Waals surface area (Å²) in [6.45, 7) is 9.03. The SMILES string of the molecule is COC(=O)[C@]1(C)CCC[C@]2(C)[C@H]1CC[C@]13c4c(OC)ccc(OC)c4[C@H](C[C@@H]21)[C@@H](C(C)C)[C@@H]3O. The number of ether oxygens (including phenoxy) is 3. The van der Waals surface area contributed by atoms with Crippen molar-refractivity contribution in [2.75, 3.05) is 21.3 Å². The van der Waals surface area contributed by atoms with Gasteiger partial charge >= 0.3 is 5.97 Å².